The molecule has 66 valence electrons. The summed E-state index contributed by atoms with van der Waals surface area (Å²) in [5.41, 5.74) is 0. The van der Waals surface area contributed by atoms with E-state index in [4.69, 9.17) is 25.2 Å². The molecule has 4 N–H and O–H groups in total. The summed E-state index contributed by atoms with van der Waals surface area (Å²) >= 11 is 0. The van der Waals surface area contributed by atoms with Crippen LogP contribution in [0.5, 0.6) is 0 Å². The Balaban J connectivity index is 2.47. The van der Waals surface area contributed by atoms with E-state index in [9.17, 15) is 0 Å². The highest BCUT2D eigenvalue weighted by Gasteiger charge is 2.38. The summed E-state index contributed by atoms with van der Waals surface area (Å²) in [7, 11) is 0. The number of aliphatic hydroxyl groups is 4. The Morgan fingerprint density at radius 2 is 2.09 bits per heavy atom. The molecule has 1 aliphatic rings. The quantitative estimate of drug-likeness (QED) is 0.361. The minimum absolute atomic E-state index is 0.00287. The van der Waals surface area contributed by atoms with Crippen LogP contribution in [0.3, 0.4) is 0 Å². The molecule has 0 radical (unpaired) electrons. The predicted molar refractivity (Wildman–Crippen MR) is 34.8 cm³/mol. The van der Waals surface area contributed by atoms with Crippen molar-refractivity contribution in [2.75, 3.05) is 13.2 Å². The van der Waals surface area contributed by atoms with Gasteiger partial charge in [-0.15, -0.1) is 0 Å². The van der Waals surface area contributed by atoms with Gasteiger partial charge in [-0.1, -0.05) is 0 Å². The topological polar surface area (TPSA) is 90.2 Å². The van der Waals surface area contributed by atoms with E-state index in [0.717, 1.165) is 0 Å². The molecular formula is C6H12O5. The molecule has 4 atom stereocenters. The Bertz CT molecular complexity index is 128. The summed E-state index contributed by atoms with van der Waals surface area (Å²) < 4.78 is 4.82. The molecule has 11 heavy (non-hydrogen) atoms. The zero-order valence-electron chi connectivity index (χ0n) is 5.92. The molecule has 0 aliphatic carbocycles. The van der Waals surface area contributed by atoms with Gasteiger partial charge in [-0.2, -0.15) is 0 Å². The Morgan fingerprint density at radius 3 is 2.45 bits per heavy atom. The Kier molecular flexibility index (Phi) is 2.80. The Labute approximate surface area is 63.8 Å². The smallest absolute Gasteiger partial charge is 0.114 e. The SMILES string of the molecule is OC[C@@H](O)[C@H]1OCC(O)C1O. The first-order valence-corrected chi connectivity index (χ1v) is 3.43. The van der Waals surface area contributed by atoms with Crippen LogP contribution in [0.25, 0.3) is 0 Å². The molecule has 2 unspecified atom stereocenters. The fourth-order valence-corrected chi connectivity index (χ4v) is 1.07. The number of aliphatic hydroxyl groups excluding tert-OH is 4. The molecule has 5 nitrogen and oxygen atoms in total. The maximum atomic E-state index is 9.11. The predicted octanol–water partition coefficient (Wildman–Crippen LogP) is -2.54. The van der Waals surface area contributed by atoms with Gasteiger partial charge in [0.15, 0.2) is 0 Å². The van der Waals surface area contributed by atoms with Crippen LogP contribution in [0.15, 0.2) is 0 Å². The third-order valence-electron chi connectivity index (χ3n) is 1.76. The van der Waals surface area contributed by atoms with E-state index >= 15 is 0 Å². The van der Waals surface area contributed by atoms with Gasteiger partial charge < -0.3 is 25.2 Å². The fraction of sp³-hybridized carbons (Fsp3) is 1.00. The number of rotatable bonds is 2. The van der Waals surface area contributed by atoms with Crippen molar-refractivity contribution in [3.05, 3.63) is 0 Å². The second-order valence-corrected chi connectivity index (χ2v) is 2.61. The molecule has 5 heteroatoms. The van der Waals surface area contributed by atoms with Crippen LogP contribution >= 0.6 is 0 Å². The summed E-state index contributed by atoms with van der Waals surface area (Å²) in [5, 5.41) is 35.5. The zero-order valence-corrected chi connectivity index (χ0v) is 5.92. The van der Waals surface area contributed by atoms with E-state index < -0.39 is 31.0 Å². The molecule has 1 saturated heterocycles. The Hall–Kier alpha value is -0.200. The van der Waals surface area contributed by atoms with Crippen LogP contribution in [0.2, 0.25) is 0 Å². The van der Waals surface area contributed by atoms with Gasteiger partial charge in [0.25, 0.3) is 0 Å². The average Bonchev–Trinajstić information content (AvgIpc) is 2.32. The van der Waals surface area contributed by atoms with Crippen LogP contribution in [0, 0.1) is 0 Å². The van der Waals surface area contributed by atoms with Gasteiger partial charge in [-0.25, -0.2) is 0 Å². The zero-order chi connectivity index (χ0) is 8.43. The van der Waals surface area contributed by atoms with Crippen molar-refractivity contribution >= 4 is 0 Å². The summed E-state index contributed by atoms with van der Waals surface area (Å²) in [5.74, 6) is 0. The highest BCUT2D eigenvalue weighted by atomic mass is 16.5. The molecule has 0 aromatic carbocycles. The van der Waals surface area contributed by atoms with Crippen LogP contribution in [0.1, 0.15) is 0 Å². The molecular weight excluding hydrogens is 152 g/mol. The first-order valence-electron chi connectivity index (χ1n) is 3.43. The molecule has 1 aliphatic heterocycles. The third-order valence-corrected chi connectivity index (χ3v) is 1.76. The summed E-state index contributed by atoms with van der Waals surface area (Å²) in [6.07, 6.45) is -4.05. The van der Waals surface area contributed by atoms with Crippen LogP contribution in [-0.4, -0.2) is 58.1 Å². The van der Waals surface area contributed by atoms with Gasteiger partial charge in [-0.05, 0) is 0 Å². The first kappa shape index (κ1) is 8.89. The van der Waals surface area contributed by atoms with Crippen molar-refractivity contribution in [2.45, 2.75) is 24.4 Å². The standard InChI is InChI=1S/C6H12O5/c7-1-3(8)6-5(10)4(9)2-11-6/h3-10H,1-2H2/t3-,4?,5?,6-/m1/s1. The van der Waals surface area contributed by atoms with Gasteiger partial charge in [0.2, 0.25) is 0 Å². The number of hydrogen-bond donors (Lipinski definition) is 4. The van der Waals surface area contributed by atoms with Crippen molar-refractivity contribution in [3.63, 3.8) is 0 Å². The third kappa shape index (κ3) is 1.69. The second kappa shape index (κ2) is 3.46. The highest BCUT2D eigenvalue weighted by molar-refractivity contribution is 4.87. The van der Waals surface area contributed by atoms with Crippen LogP contribution < -0.4 is 0 Å². The summed E-state index contributed by atoms with van der Waals surface area (Å²) in [6.45, 7) is -0.475. The largest absolute Gasteiger partial charge is 0.394 e. The molecule has 1 heterocycles. The number of hydrogen-bond acceptors (Lipinski definition) is 5. The molecule has 0 bridgehead atoms. The summed E-state index contributed by atoms with van der Waals surface area (Å²) in [6, 6.07) is 0. The van der Waals surface area contributed by atoms with Gasteiger partial charge >= 0.3 is 0 Å². The van der Waals surface area contributed by atoms with Gasteiger partial charge in [0.1, 0.15) is 24.4 Å². The summed E-state index contributed by atoms with van der Waals surface area (Å²) in [4.78, 5) is 0. The fourth-order valence-electron chi connectivity index (χ4n) is 1.07. The van der Waals surface area contributed by atoms with E-state index in [0.29, 0.717) is 0 Å². The molecule has 0 spiro atoms. The maximum absolute atomic E-state index is 9.11. The van der Waals surface area contributed by atoms with Gasteiger partial charge in [0.05, 0.1) is 13.2 Å². The minimum atomic E-state index is -1.12. The molecule has 1 fully saturated rings. The van der Waals surface area contributed by atoms with Crippen LogP contribution in [-0.2, 0) is 4.74 Å². The molecule has 1 rings (SSSR count). The molecule has 0 amide bonds. The Morgan fingerprint density at radius 1 is 1.45 bits per heavy atom. The lowest BCUT2D eigenvalue weighted by molar-refractivity contribution is -0.0684. The lowest BCUT2D eigenvalue weighted by Crippen LogP contribution is -2.40. The highest BCUT2D eigenvalue weighted by Crippen LogP contribution is 2.16. The van der Waals surface area contributed by atoms with E-state index in [1.54, 1.807) is 0 Å². The van der Waals surface area contributed by atoms with E-state index in [1.165, 1.54) is 0 Å². The van der Waals surface area contributed by atoms with E-state index in [-0.39, 0.29) is 6.61 Å². The normalized spacial score (nSPS) is 40.9. The van der Waals surface area contributed by atoms with Crippen molar-refractivity contribution < 1.29 is 25.2 Å². The van der Waals surface area contributed by atoms with Crippen molar-refractivity contribution in [3.8, 4) is 0 Å². The monoisotopic (exact) mass is 164 g/mol. The second-order valence-electron chi connectivity index (χ2n) is 2.61. The maximum Gasteiger partial charge on any atom is 0.114 e. The lowest BCUT2D eigenvalue weighted by atomic mass is 10.1. The van der Waals surface area contributed by atoms with Gasteiger partial charge in [-0.3, -0.25) is 0 Å². The molecule has 0 aromatic rings. The van der Waals surface area contributed by atoms with E-state index in [1.807, 2.05) is 0 Å². The van der Waals surface area contributed by atoms with E-state index in [2.05, 4.69) is 0 Å². The molecule has 0 saturated carbocycles. The minimum Gasteiger partial charge on any atom is -0.394 e. The van der Waals surface area contributed by atoms with Gasteiger partial charge in [0, 0.05) is 0 Å². The lowest BCUT2D eigenvalue weighted by Gasteiger charge is -2.18. The molecule has 0 aromatic heterocycles. The van der Waals surface area contributed by atoms with Crippen molar-refractivity contribution in [1.82, 2.24) is 0 Å². The van der Waals surface area contributed by atoms with Crippen molar-refractivity contribution in [1.29, 1.82) is 0 Å². The van der Waals surface area contributed by atoms with Crippen molar-refractivity contribution in [2.24, 2.45) is 0 Å². The van der Waals surface area contributed by atoms with Crippen LogP contribution in [0.4, 0.5) is 0 Å². The first-order chi connectivity index (χ1) is 5.16. The number of ether oxygens (including phenoxy) is 1. The average molecular weight is 164 g/mol.